The average Bonchev–Trinajstić information content (AvgIpc) is 2.66. The van der Waals surface area contributed by atoms with E-state index in [9.17, 15) is 17.6 Å². The van der Waals surface area contributed by atoms with Gasteiger partial charge in [-0.05, 0) is 37.5 Å². The van der Waals surface area contributed by atoms with Gasteiger partial charge in [0.15, 0.2) is 0 Å². The third-order valence-corrected chi connectivity index (χ3v) is 6.07. The summed E-state index contributed by atoms with van der Waals surface area (Å²) >= 11 is 0. The monoisotopic (exact) mass is 407 g/mol. The van der Waals surface area contributed by atoms with E-state index in [1.807, 2.05) is 37.3 Å². The molecule has 2 rings (SSSR count). The smallest absolute Gasteiger partial charge is 0.304 e. The molecule has 0 saturated heterocycles. The Morgan fingerprint density at radius 2 is 1.68 bits per heavy atom. The van der Waals surface area contributed by atoms with Gasteiger partial charge in [-0.25, -0.2) is 8.70 Å². The van der Waals surface area contributed by atoms with Gasteiger partial charge in [-0.3, -0.25) is 4.79 Å². The van der Waals surface area contributed by atoms with Gasteiger partial charge < -0.3 is 5.32 Å². The second-order valence-corrected chi connectivity index (χ2v) is 8.81. The number of para-hydroxylation sites is 1. The van der Waals surface area contributed by atoms with Crippen molar-refractivity contribution in [1.82, 2.24) is 9.62 Å². The van der Waals surface area contributed by atoms with Gasteiger partial charge in [0.05, 0.1) is 5.69 Å². The quantitative estimate of drug-likeness (QED) is 0.695. The number of anilines is 1. The summed E-state index contributed by atoms with van der Waals surface area (Å²) in [5.74, 6) is -1.20. The first-order chi connectivity index (χ1) is 13.2. The summed E-state index contributed by atoms with van der Waals surface area (Å²) in [6, 6.07) is 15.2. The Bertz CT molecular complexity index is 889. The highest BCUT2D eigenvalue weighted by atomic mass is 32.2. The largest absolute Gasteiger partial charge is 0.352 e. The zero-order chi connectivity index (χ0) is 20.7. The van der Waals surface area contributed by atoms with Crippen molar-refractivity contribution < 1.29 is 17.6 Å². The number of benzene rings is 2. The van der Waals surface area contributed by atoms with Gasteiger partial charge in [-0.1, -0.05) is 42.5 Å². The predicted octanol–water partition coefficient (Wildman–Crippen LogP) is 2.58. The van der Waals surface area contributed by atoms with Gasteiger partial charge in [0.2, 0.25) is 5.91 Å². The molecule has 0 aromatic heterocycles. The van der Waals surface area contributed by atoms with Crippen LogP contribution in [0.4, 0.5) is 10.1 Å². The summed E-state index contributed by atoms with van der Waals surface area (Å²) in [6.45, 7) is 1.35. The molecule has 0 spiro atoms. The molecular formula is C20H26FN3O3S. The van der Waals surface area contributed by atoms with Gasteiger partial charge in [0.25, 0.3) is 0 Å². The molecule has 0 fully saturated rings. The second-order valence-electron chi connectivity index (χ2n) is 6.74. The zero-order valence-corrected chi connectivity index (χ0v) is 17.1. The molecule has 1 N–H and O–H groups in total. The van der Waals surface area contributed by atoms with Crippen LogP contribution in [0.5, 0.6) is 0 Å². The van der Waals surface area contributed by atoms with Gasteiger partial charge in [0.1, 0.15) is 12.4 Å². The maximum atomic E-state index is 14.2. The third-order valence-electron chi connectivity index (χ3n) is 4.26. The van der Waals surface area contributed by atoms with E-state index in [1.54, 1.807) is 0 Å². The van der Waals surface area contributed by atoms with Crippen molar-refractivity contribution in [2.45, 2.75) is 25.8 Å². The maximum absolute atomic E-state index is 14.2. The van der Waals surface area contributed by atoms with Crippen LogP contribution in [0.25, 0.3) is 0 Å². The number of carbonyl (C=O) groups excluding carboxylic acids is 1. The molecule has 28 heavy (non-hydrogen) atoms. The molecule has 1 atom stereocenters. The molecule has 0 radical (unpaired) electrons. The van der Waals surface area contributed by atoms with Crippen molar-refractivity contribution in [2.24, 2.45) is 0 Å². The first kappa shape index (κ1) is 21.8. The maximum Gasteiger partial charge on any atom is 0.304 e. The number of carbonyl (C=O) groups is 1. The van der Waals surface area contributed by atoms with Crippen LogP contribution in [0.15, 0.2) is 54.6 Å². The molecule has 0 heterocycles. The highest BCUT2D eigenvalue weighted by Gasteiger charge is 2.29. The first-order valence-electron chi connectivity index (χ1n) is 9.00. The highest BCUT2D eigenvalue weighted by molar-refractivity contribution is 7.90. The van der Waals surface area contributed by atoms with E-state index < -0.39 is 28.5 Å². The minimum absolute atomic E-state index is 0.155. The van der Waals surface area contributed by atoms with E-state index in [4.69, 9.17) is 0 Å². The summed E-state index contributed by atoms with van der Waals surface area (Å²) in [6.07, 6.45) is 1.49. The SMILES string of the molecule is CC(CCc1ccccc1)NC(=O)CN(c1ccccc1F)S(=O)(=O)N(C)C. The fraction of sp³-hybridized carbons (Fsp3) is 0.350. The Kier molecular flexibility index (Phi) is 7.53. The van der Waals surface area contributed by atoms with Crippen molar-refractivity contribution in [2.75, 3.05) is 24.9 Å². The summed E-state index contributed by atoms with van der Waals surface area (Å²) < 4.78 is 41.2. The molecule has 152 valence electrons. The Balaban J connectivity index is 2.07. The van der Waals surface area contributed by atoms with Crippen LogP contribution in [0, 0.1) is 5.82 Å². The fourth-order valence-corrected chi connectivity index (χ4v) is 3.76. The number of nitrogens with one attached hydrogen (secondary N) is 1. The molecule has 6 nitrogen and oxygen atoms in total. The fourth-order valence-electron chi connectivity index (χ4n) is 2.69. The average molecular weight is 408 g/mol. The molecule has 0 aliphatic rings. The van der Waals surface area contributed by atoms with Crippen LogP contribution >= 0.6 is 0 Å². The number of amides is 1. The lowest BCUT2D eigenvalue weighted by molar-refractivity contribution is -0.120. The van der Waals surface area contributed by atoms with Crippen LogP contribution in [-0.4, -0.2) is 45.3 Å². The Hall–Kier alpha value is -2.45. The van der Waals surface area contributed by atoms with E-state index in [0.717, 1.165) is 26.7 Å². The summed E-state index contributed by atoms with van der Waals surface area (Å²) in [4.78, 5) is 12.5. The lowest BCUT2D eigenvalue weighted by Gasteiger charge is -2.27. The van der Waals surface area contributed by atoms with Crippen molar-refractivity contribution >= 4 is 21.8 Å². The van der Waals surface area contributed by atoms with Gasteiger partial charge in [-0.2, -0.15) is 12.7 Å². The summed E-state index contributed by atoms with van der Waals surface area (Å²) in [7, 11) is -1.36. The second kappa shape index (κ2) is 9.66. The lowest BCUT2D eigenvalue weighted by atomic mass is 10.1. The van der Waals surface area contributed by atoms with E-state index in [0.29, 0.717) is 6.42 Å². The third kappa shape index (κ3) is 5.77. The normalized spacial score (nSPS) is 12.6. The number of halogens is 1. The predicted molar refractivity (Wildman–Crippen MR) is 109 cm³/mol. The number of hydrogen-bond acceptors (Lipinski definition) is 3. The number of nitrogens with zero attached hydrogens (tertiary/aromatic N) is 2. The van der Waals surface area contributed by atoms with Crippen molar-refractivity contribution in [3.63, 3.8) is 0 Å². The zero-order valence-electron chi connectivity index (χ0n) is 16.3. The van der Waals surface area contributed by atoms with Crippen LogP contribution in [0.1, 0.15) is 18.9 Å². The minimum Gasteiger partial charge on any atom is -0.352 e. The molecule has 2 aromatic carbocycles. The van der Waals surface area contributed by atoms with Crippen LogP contribution in [0.2, 0.25) is 0 Å². The van der Waals surface area contributed by atoms with Crippen LogP contribution in [0.3, 0.4) is 0 Å². The Morgan fingerprint density at radius 1 is 1.07 bits per heavy atom. The Labute approximate surface area is 166 Å². The molecular weight excluding hydrogens is 381 g/mol. The lowest BCUT2D eigenvalue weighted by Crippen LogP contribution is -2.47. The molecule has 0 aliphatic heterocycles. The van der Waals surface area contributed by atoms with Crippen LogP contribution in [-0.2, 0) is 21.4 Å². The minimum atomic E-state index is -4.03. The molecule has 0 aliphatic carbocycles. The Morgan fingerprint density at radius 3 is 2.29 bits per heavy atom. The summed E-state index contributed by atoms with van der Waals surface area (Å²) in [5.41, 5.74) is 0.995. The molecule has 0 bridgehead atoms. The van der Waals surface area contributed by atoms with E-state index in [-0.39, 0.29) is 11.7 Å². The van der Waals surface area contributed by atoms with E-state index >= 15 is 0 Å². The molecule has 0 saturated carbocycles. The topological polar surface area (TPSA) is 69.7 Å². The van der Waals surface area contributed by atoms with Crippen molar-refractivity contribution in [3.05, 3.63) is 66.0 Å². The van der Waals surface area contributed by atoms with E-state index in [1.165, 1.54) is 32.3 Å². The first-order valence-corrected chi connectivity index (χ1v) is 10.4. The van der Waals surface area contributed by atoms with Gasteiger partial charge >= 0.3 is 10.2 Å². The van der Waals surface area contributed by atoms with Crippen molar-refractivity contribution in [3.8, 4) is 0 Å². The van der Waals surface area contributed by atoms with E-state index in [2.05, 4.69) is 5.32 Å². The van der Waals surface area contributed by atoms with Gasteiger partial charge in [-0.15, -0.1) is 0 Å². The van der Waals surface area contributed by atoms with Crippen molar-refractivity contribution in [1.29, 1.82) is 0 Å². The molecule has 1 amide bonds. The molecule has 1 unspecified atom stereocenters. The standard InChI is InChI=1S/C20H26FN3O3S/c1-16(13-14-17-9-5-4-6-10-17)22-20(25)15-24(28(26,27)23(2)3)19-12-8-7-11-18(19)21/h4-12,16H,13-15H2,1-3H3,(H,22,25). The number of rotatable bonds is 9. The summed E-state index contributed by atoms with van der Waals surface area (Å²) in [5, 5.41) is 2.79. The highest BCUT2D eigenvalue weighted by Crippen LogP contribution is 2.22. The number of hydrogen-bond donors (Lipinski definition) is 1. The van der Waals surface area contributed by atoms with Gasteiger partial charge in [0, 0.05) is 20.1 Å². The molecule has 8 heteroatoms. The molecule has 2 aromatic rings. The van der Waals surface area contributed by atoms with Crippen LogP contribution < -0.4 is 9.62 Å². The number of aryl methyl sites for hydroxylation is 1.